The Kier molecular flexibility index (Phi) is 7.39. The maximum atomic E-state index is 11.4. The lowest BCUT2D eigenvalue weighted by molar-refractivity contribution is -0.127. The van der Waals surface area contributed by atoms with Gasteiger partial charge in [0.05, 0.1) is 6.54 Å². The zero-order valence-electron chi connectivity index (χ0n) is 10.8. The van der Waals surface area contributed by atoms with Crippen molar-refractivity contribution in [2.24, 2.45) is 5.92 Å². The number of carbonyl (C=O) groups is 1. The molecule has 0 aliphatic carbocycles. The van der Waals surface area contributed by atoms with Crippen LogP contribution in [0.5, 0.6) is 0 Å². The van der Waals surface area contributed by atoms with E-state index in [2.05, 4.69) is 26.1 Å². The van der Waals surface area contributed by atoms with Crippen LogP contribution in [-0.2, 0) is 4.79 Å². The summed E-state index contributed by atoms with van der Waals surface area (Å²) in [6.45, 7) is 7.10. The number of rotatable bonds is 7. The smallest absolute Gasteiger partial charge is 0.236 e. The second-order valence-electron chi connectivity index (χ2n) is 4.52. The van der Waals surface area contributed by atoms with Crippen LogP contribution in [-0.4, -0.2) is 37.5 Å². The molecule has 0 spiro atoms. The van der Waals surface area contributed by atoms with Gasteiger partial charge in [0.15, 0.2) is 0 Å². The number of nitrogens with one attached hydrogen (secondary N) is 1. The van der Waals surface area contributed by atoms with Gasteiger partial charge in [0.2, 0.25) is 5.91 Å². The summed E-state index contributed by atoms with van der Waals surface area (Å²) in [5, 5.41) is 3.32. The Labute approximate surface area is 94.2 Å². The monoisotopic (exact) mass is 214 g/mol. The summed E-state index contributed by atoms with van der Waals surface area (Å²) >= 11 is 0. The third-order valence-electron chi connectivity index (χ3n) is 2.92. The molecule has 1 amide bonds. The minimum absolute atomic E-state index is 0.151. The fourth-order valence-electron chi connectivity index (χ4n) is 1.44. The summed E-state index contributed by atoms with van der Waals surface area (Å²) in [5.41, 5.74) is 0. The van der Waals surface area contributed by atoms with Crippen LogP contribution in [0.3, 0.4) is 0 Å². The lowest BCUT2D eigenvalue weighted by Crippen LogP contribution is -2.39. The highest BCUT2D eigenvalue weighted by molar-refractivity contribution is 5.77. The fraction of sp³-hybridized carbons (Fsp3) is 0.917. The van der Waals surface area contributed by atoms with Gasteiger partial charge in [-0.3, -0.25) is 4.79 Å². The van der Waals surface area contributed by atoms with Gasteiger partial charge in [0.25, 0.3) is 0 Å². The Balaban J connectivity index is 3.84. The van der Waals surface area contributed by atoms with Crippen molar-refractivity contribution in [2.45, 2.75) is 46.1 Å². The molecule has 0 aromatic heterocycles. The standard InChI is InChI=1S/C12H26N2O/c1-6-10(3)8-11(7-2)13-9-12(15)14(4)5/h10-11,13H,6-9H2,1-5H3/t10-,11+/m0/s1. The van der Waals surface area contributed by atoms with Gasteiger partial charge in [-0.1, -0.05) is 27.2 Å². The molecule has 0 aromatic rings. The van der Waals surface area contributed by atoms with Gasteiger partial charge in [-0.25, -0.2) is 0 Å². The summed E-state index contributed by atoms with van der Waals surface area (Å²) in [6.07, 6.45) is 3.46. The molecule has 3 heteroatoms. The molecule has 0 aliphatic heterocycles. The van der Waals surface area contributed by atoms with E-state index in [4.69, 9.17) is 0 Å². The van der Waals surface area contributed by atoms with Crippen LogP contribution in [0, 0.1) is 5.92 Å². The van der Waals surface area contributed by atoms with Crippen LogP contribution in [0.15, 0.2) is 0 Å². The maximum Gasteiger partial charge on any atom is 0.236 e. The molecule has 15 heavy (non-hydrogen) atoms. The van der Waals surface area contributed by atoms with E-state index in [1.807, 2.05) is 0 Å². The molecule has 0 aromatic carbocycles. The fourth-order valence-corrected chi connectivity index (χ4v) is 1.44. The third kappa shape index (κ3) is 6.50. The molecule has 0 heterocycles. The molecule has 90 valence electrons. The van der Waals surface area contributed by atoms with E-state index in [0.717, 1.165) is 18.8 Å². The van der Waals surface area contributed by atoms with Gasteiger partial charge < -0.3 is 10.2 Å². The minimum atomic E-state index is 0.151. The highest BCUT2D eigenvalue weighted by Crippen LogP contribution is 2.11. The Hall–Kier alpha value is -0.570. The predicted molar refractivity (Wildman–Crippen MR) is 64.8 cm³/mol. The maximum absolute atomic E-state index is 11.4. The van der Waals surface area contributed by atoms with Gasteiger partial charge in [0.1, 0.15) is 0 Å². The van der Waals surface area contributed by atoms with Crippen molar-refractivity contribution in [1.82, 2.24) is 10.2 Å². The van der Waals surface area contributed by atoms with Gasteiger partial charge in [-0.05, 0) is 18.8 Å². The Morgan fingerprint density at radius 3 is 2.27 bits per heavy atom. The number of amides is 1. The van der Waals surface area contributed by atoms with Crippen molar-refractivity contribution in [2.75, 3.05) is 20.6 Å². The zero-order chi connectivity index (χ0) is 11.8. The first-order valence-corrected chi connectivity index (χ1v) is 5.94. The summed E-state index contributed by atoms with van der Waals surface area (Å²) in [4.78, 5) is 13.0. The summed E-state index contributed by atoms with van der Waals surface area (Å²) in [7, 11) is 3.58. The van der Waals surface area contributed by atoms with E-state index in [-0.39, 0.29) is 5.91 Å². The number of nitrogens with zero attached hydrogens (tertiary/aromatic N) is 1. The van der Waals surface area contributed by atoms with Crippen LogP contribution in [0.1, 0.15) is 40.0 Å². The normalized spacial score (nSPS) is 14.7. The van der Waals surface area contributed by atoms with Crippen molar-refractivity contribution < 1.29 is 4.79 Å². The van der Waals surface area contributed by atoms with Crippen LogP contribution in [0.4, 0.5) is 0 Å². The van der Waals surface area contributed by atoms with Crippen LogP contribution in [0.2, 0.25) is 0 Å². The minimum Gasteiger partial charge on any atom is -0.348 e. The second kappa shape index (κ2) is 7.69. The van der Waals surface area contributed by atoms with E-state index in [1.54, 1.807) is 19.0 Å². The lowest BCUT2D eigenvalue weighted by atomic mass is 9.98. The Morgan fingerprint density at radius 2 is 1.87 bits per heavy atom. The predicted octanol–water partition coefficient (Wildman–Crippen LogP) is 1.88. The van der Waals surface area contributed by atoms with Crippen LogP contribution < -0.4 is 5.32 Å². The summed E-state index contributed by atoms with van der Waals surface area (Å²) < 4.78 is 0. The molecule has 0 aliphatic rings. The molecule has 0 radical (unpaired) electrons. The van der Waals surface area contributed by atoms with Crippen molar-refractivity contribution in [3.05, 3.63) is 0 Å². The number of carbonyl (C=O) groups excluding carboxylic acids is 1. The Bertz CT molecular complexity index is 180. The van der Waals surface area contributed by atoms with Crippen molar-refractivity contribution in [1.29, 1.82) is 0 Å². The molecular weight excluding hydrogens is 188 g/mol. The van der Waals surface area contributed by atoms with Gasteiger partial charge >= 0.3 is 0 Å². The van der Waals surface area contributed by atoms with Gasteiger partial charge in [-0.15, -0.1) is 0 Å². The average Bonchev–Trinajstić information content (AvgIpc) is 2.22. The molecule has 0 fully saturated rings. The molecule has 0 rings (SSSR count). The lowest BCUT2D eigenvalue weighted by Gasteiger charge is -2.21. The van der Waals surface area contributed by atoms with Crippen LogP contribution >= 0.6 is 0 Å². The first kappa shape index (κ1) is 14.4. The van der Waals surface area contributed by atoms with Crippen LogP contribution in [0.25, 0.3) is 0 Å². The van der Waals surface area contributed by atoms with Crippen molar-refractivity contribution in [3.8, 4) is 0 Å². The SMILES string of the molecule is CC[C@H](C)C[C@@H](CC)NCC(=O)N(C)C. The topological polar surface area (TPSA) is 32.3 Å². The number of hydrogen-bond acceptors (Lipinski definition) is 2. The number of hydrogen-bond donors (Lipinski definition) is 1. The van der Waals surface area contributed by atoms with E-state index in [1.165, 1.54) is 6.42 Å². The molecule has 0 saturated carbocycles. The summed E-state index contributed by atoms with van der Waals surface area (Å²) in [5.74, 6) is 0.884. The Morgan fingerprint density at radius 1 is 1.27 bits per heavy atom. The zero-order valence-corrected chi connectivity index (χ0v) is 10.8. The highest BCUT2D eigenvalue weighted by atomic mass is 16.2. The van der Waals surface area contributed by atoms with Gasteiger partial charge in [-0.2, -0.15) is 0 Å². The third-order valence-corrected chi connectivity index (χ3v) is 2.92. The first-order chi connectivity index (χ1) is 7.01. The molecule has 1 N–H and O–H groups in total. The molecule has 0 bridgehead atoms. The molecular formula is C12H26N2O. The largest absolute Gasteiger partial charge is 0.348 e. The van der Waals surface area contributed by atoms with E-state index < -0.39 is 0 Å². The molecule has 3 nitrogen and oxygen atoms in total. The second-order valence-corrected chi connectivity index (χ2v) is 4.52. The summed E-state index contributed by atoms with van der Waals surface area (Å²) in [6, 6.07) is 0.476. The molecule has 0 saturated heterocycles. The quantitative estimate of drug-likeness (QED) is 0.702. The van der Waals surface area contributed by atoms with E-state index >= 15 is 0 Å². The van der Waals surface area contributed by atoms with Crippen molar-refractivity contribution in [3.63, 3.8) is 0 Å². The highest BCUT2D eigenvalue weighted by Gasteiger charge is 2.12. The van der Waals surface area contributed by atoms with E-state index in [9.17, 15) is 4.79 Å². The van der Waals surface area contributed by atoms with Crippen molar-refractivity contribution >= 4 is 5.91 Å². The molecule has 2 atom stereocenters. The molecule has 0 unspecified atom stereocenters. The first-order valence-electron chi connectivity index (χ1n) is 5.94. The average molecular weight is 214 g/mol. The van der Waals surface area contributed by atoms with Gasteiger partial charge in [0, 0.05) is 20.1 Å². The number of likely N-dealkylation sites (N-methyl/N-ethyl adjacent to an activating group) is 1. The van der Waals surface area contributed by atoms with E-state index in [0.29, 0.717) is 12.6 Å².